The molecule has 1 aromatic carbocycles. The van der Waals surface area contributed by atoms with Crippen LogP contribution >= 0.6 is 0 Å². The number of nitrogens with one attached hydrogen (secondary N) is 1. The second kappa shape index (κ2) is 25.7. The van der Waals surface area contributed by atoms with E-state index in [1.165, 1.54) is 17.7 Å². The summed E-state index contributed by atoms with van der Waals surface area (Å²) in [4.78, 5) is 51.6. The van der Waals surface area contributed by atoms with E-state index in [4.69, 9.17) is 10.5 Å². The zero-order valence-corrected chi connectivity index (χ0v) is 27.1. The number of nitrogens with two attached hydrogens (primary N) is 1. The molecule has 1 unspecified atom stereocenters. The number of nitrogens with zero attached hydrogens (tertiary/aromatic N) is 1. The quantitative estimate of drug-likeness (QED) is 0.0873. The summed E-state index contributed by atoms with van der Waals surface area (Å²) in [6, 6.07) is 8.82. The van der Waals surface area contributed by atoms with Gasteiger partial charge in [-0.2, -0.15) is 0 Å². The second-order valence-corrected chi connectivity index (χ2v) is 11.6. The van der Waals surface area contributed by atoms with Crippen LogP contribution in [0.15, 0.2) is 30.3 Å². The predicted molar refractivity (Wildman–Crippen MR) is 173 cm³/mol. The van der Waals surface area contributed by atoms with Gasteiger partial charge in [-0.1, -0.05) is 102 Å². The average Bonchev–Trinajstić information content (AvgIpc) is 3.01. The monoisotopic (exact) mass is 601 g/mol. The van der Waals surface area contributed by atoms with Crippen LogP contribution in [0.25, 0.3) is 0 Å². The van der Waals surface area contributed by atoms with E-state index in [2.05, 4.69) is 19.2 Å². The average molecular weight is 602 g/mol. The van der Waals surface area contributed by atoms with E-state index < -0.39 is 12.0 Å². The Morgan fingerprint density at radius 1 is 0.721 bits per heavy atom. The highest BCUT2D eigenvalue weighted by atomic mass is 16.5. The molecule has 0 aliphatic heterocycles. The molecule has 0 aliphatic carbocycles. The Kier molecular flexibility index (Phi) is 22.9. The van der Waals surface area contributed by atoms with E-state index in [1.54, 1.807) is 0 Å². The highest BCUT2D eigenvalue weighted by molar-refractivity contribution is 5.95. The standard InChI is InChI=1S/C35H59N3O5/c1-3-5-7-9-16-25-33(40)38(34(41)26-17-10-8-6-4-2)28-20-12-15-24-32(39)37-27-19-18-23-31(36)35(42)43-29-30-21-13-11-14-22-30/h11,13-14,21-22,31H,3-10,12,15-20,23-29,36H2,1-2H3,(H,37,39). The number of hydrogen-bond acceptors (Lipinski definition) is 6. The Morgan fingerprint density at radius 2 is 1.28 bits per heavy atom. The lowest BCUT2D eigenvalue weighted by molar-refractivity contribution is -0.147. The van der Waals surface area contributed by atoms with Crippen molar-refractivity contribution in [1.82, 2.24) is 10.2 Å². The molecule has 1 rings (SSSR count). The van der Waals surface area contributed by atoms with Crippen LogP contribution in [0.4, 0.5) is 0 Å². The van der Waals surface area contributed by atoms with Crippen molar-refractivity contribution in [3.05, 3.63) is 35.9 Å². The zero-order chi connectivity index (χ0) is 31.5. The third-order valence-corrected chi connectivity index (χ3v) is 7.67. The number of imide groups is 1. The first-order chi connectivity index (χ1) is 20.9. The van der Waals surface area contributed by atoms with Gasteiger partial charge in [-0.05, 0) is 50.5 Å². The smallest absolute Gasteiger partial charge is 0.323 e. The molecule has 3 amide bonds. The van der Waals surface area contributed by atoms with E-state index in [9.17, 15) is 19.2 Å². The summed E-state index contributed by atoms with van der Waals surface area (Å²) in [6.45, 7) is 5.54. The van der Waals surface area contributed by atoms with Gasteiger partial charge in [0.05, 0.1) is 0 Å². The first kappa shape index (κ1) is 38.3. The van der Waals surface area contributed by atoms with Gasteiger partial charge in [-0.25, -0.2) is 0 Å². The van der Waals surface area contributed by atoms with Crippen LogP contribution in [0, 0.1) is 0 Å². The van der Waals surface area contributed by atoms with Crippen molar-refractivity contribution in [3.63, 3.8) is 0 Å². The molecule has 0 bridgehead atoms. The Bertz CT molecular complexity index is 867. The molecule has 3 N–H and O–H groups in total. The SMILES string of the molecule is CCCCCCCC(=O)N(CCCCCC(=O)NCCCCC(N)C(=O)OCc1ccccc1)C(=O)CCCCCCC. The Hall–Kier alpha value is -2.74. The van der Waals surface area contributed by atoms with Crippen molar-refractivity contribution >= 4 is 23.7 Å². The van der Waals surface area contributed by atoms with Gasteiger partial charge in [0, 0.05) is 32.4 Å². The summed E-state index contributed by atoms with van der Waals surface area (Å²) >= 11 is 0. The molecule has 0 fully saturated rings. The number of carbonyl (C=O) groups is 4. The number of hydrogen-bond donors (Lipinski definition) is 2. The summed E-state index contributed by atoms with van der Waals surface area (Å²) in [6.07, 6.45) is 16.2. The molecule has 0 aromatic heterocycles. The van der Waals surface area contributed by atoms with Gasteiger partial charge >= 0.3 is 5.97 Å². The minimum absolute atomic E-state index is 0.00487. The number of unbranched alkanes of at least 4 members (excludes halogenated alkanes) is 11. The predicted octanol–water partition coefficient (Wildman–Crippen LogP) is 6.98. The summed E-state index contributed by atoms with van der Waals surface area (Å²) < 4.78 is 5.28. The Balaban J connectivity index is 2.23. The normalized spacial score (nSPS) is 11.6. The van der Waals surface area contributed by atoms with Gasteiger partial charge in [-0.15, -0.1) is 0 Å². The van der Waals surface area contributed by atoms with Crippen molar-refractivity contribution < 1.29 is 23.9 Å². The summed E-state index contributed by atoms with van der Waals surface area (Å²) in [5.41, 5.74) is 6.87. The van der Waals surface area contributed by atoms with Crippen molar-refractivity contribution in [3.8, 4) is 0 Å². The number of benzene rings is 1. The maximum atomic E-state index is 12.9. The molecule has 43 heavy (non-hydrogen) atoms. The highest BCUT2D eigenvalue weighted by Gasteiger charge is 2.20. The fourth-order valence-corrected chi connectivity index (χ4v) is 4.91. The molecule has 0 saturated heterocycles. The lowest BCUT2D eigenvalue weighted by Gasteiger charge is -2.21. The van der Waals surface area contributed by atoms with Gasteiger partial charge in [0.25, 0.3) is 0 Å². The summed E-state index contributed by atoms with van der Waals surface area (Å²) in [5.74, 6) is -0.502. The Morgan fingerprint density at radius 3 is 1.88 bits per heavy atom. The lowest BCUT2D eigenvalue weighted by atomic mass is 10.1. The van der Waals surface area contributed by atoms with Crippen molar-refractivity contribution in [2.24, 2.45) is 5.73 Å². The molecular weight excluding hydrogens is 542 g/mol. The van der Waals surface area contributed by atoms with Crippen LogP contribution in [0.2, 0.25) is 0 Å². The maximum Gasteiger partial charge on any atom is 0.323 e. The fourth-order valence-electron chi connectivity index (χ4n) is 4.91. The first-order valence-electron chi connectivity index (χ1n) is 16.9. The second-order valence-electron chi connectivity index (χ2n) is 11.6. The molecule has 0 saturated carbocycles. The van der Waals surface area contributed by atoms with Crippen LogP contribution in [0.5, 0.6) is 0 Å². The molecule has 0 spiro atoms. The molecule has 0 radical (unpaired) electrons. The molecule has 0 heterocycles. The zero-order valence-electron chi connectivity index (χ0n) is 27.1. The maximum absolute atomic E-state index is 12.9. The van der Waals surface area contributed by atoms with Gasteiger partial charge in [0.1, 0.15) is 12.6 Å². The molecule has 0 aliphatic rings. The van der Waals surface area contributed by atoms with Crippen molar-refractivity contribution in [1.29, 1.82) is 0 Å². The number of carbonyl (C=O) groups excluding carboxylic acids is 4. The van der Waals surface area contributed by atoms with Gasteiger partial charge in [0.2, 0.25) is 17.7 Å². The fraction of sp³-hybridized carbons (Fsp3) is 0.714. The molecular formula is C35H59N3O5. The molecule has 1 aromatic rings. The summed E-state index contributed by atoms with van der Waals surface area (Å²) in [7, 11) is 0. The van der Waals surface area contributed by atoms with Gasteiger partial charge in [0.15, 0.2) is 0 Å². The van der Waals surface area contributed by atoms with E-state index in [0.29, 0.717) is 51.6 Å². The van der Waals surface area contributed by atoms with Crippen molar-refractivity contribution in [2.45, 2.75) is 148 Å². The largest absolute Gasteiger partial charge is 0.460 e. The van der Waals surface area contributed by atoms with Crippen LogP contribution in [-0.2, 0) is 30.5 Å². The number of ether oxygens (including phenoxy) is 1. The van der Waals surface area contributed by atoms with Crippen LogP contribution in [-0.4, -0.2) is 47.7 Å². The van der Waals surface area contributed by atoms with E-state index >= 15 is 0 Å². The minimum atomic E-state index is -0.667. The van der Waals surface area contributed by atoms with Crippen LogP contribution in [0.1, 0.15) is 141 Å². The lowest BCUT2D eigenvalue weighted by Crippen LogP contribution is -2.37. The third kappa shape index (κ3) is 20.0. The number of amides is 3. The van der Waals surface area contributed by atoms with E-state index in [-0.39, 0.29) is 24.3 Å². The molecule has 1 atom stereocenters. The first-order valence-corrected chi connectivity index (χ1v) is 16.9. The third-order valence-electron chi connectivity index (χ3n) is 7.67. The van der Waals surface area contributed by atoms with Gasteiger partial charge < -0.3 is 15.8 Å². The Labute approximate surface area is 260 Å². The molecule has 8 heteroatoms. The van der Waals surface area contributed by atoms with E-state index in [0.717, 1.165) is 76.2 Å². The highest BCUT2D eigenvalue weighted by Crippen LogP contribution is 2.13. The molecule has 244 valence electrons. The van der Waals surface area contributed by atoms with Gasteiger partial charge in [-0.3, -0.25) is 24.1 Å². The summed E-state index contributed by atoms with van der Waals surface area (Å²) in [5, 5.41) is 2.93. The minimum Gasteiger partial charge on any atom is -0.460 e. The van der Waals surface area contributed by atoms with Crippen molar-refractivity contribution in [2.75, 3.05) is 13.1 Å². The number of esters is 1. The number of rotatable bonds is 26. The molecule has 8 nitrogen and oxygen atoms in total. The van der Waals surface area contributed by atoms with Crippen LogP contribution in [0.3, 0.4) is 0 Å². The van der Waals surface area contributed by atoms with E-state index in [1.807, 2.05) is 30.3 Å². The topological polar surface area (TPSA) is 119 Å². The van der Waals surface area contributed by atoms with Crippen LogP contribution < -0.4 is 11.1 Å².